The maximum atomic E-state index is 11.3. The summed E-state index contributed by atoms with van der Waals surface area (Å²) in [5.74, 6) is 0.139. The molecule has 9 heteroatoms. The normalized spacial score (nSPS) is 12.0. The number of nitrogens with two attached hydrogens (primary N) is 1. The first-order chi connectivity index (χ1) is 11.3. The maximum Gasteiger partial charge on any atom is 0.332 e. The Kier molecular flexibility index (Phi) is 5.53. The van der Waals surface area contributed by atoms with E-state index in [4.69, 9.17) is 17.3 Å². The second kappa shape index (κ2) is 7.41. The molecule has 0 fully saturated rings. The van der Waals surface area contributed by atoms with Crippen LogP contribution in [0.5, 0.6) is 5.75 Å². The molecule has 0 aliphatic heterocycles. The number of nitro groups is 1. The van der Waals surface area contributed by atoms with E-state index < -0.39 is 4.92 Å². The molecule has 0 radical (unpaired) electrons. The van der Waals surface area contributed by atoms with Crippen molar-refractivity contribution < 1.29 is 10.0 Å². The Bertz CT molecular complexity index is 769. The zero-order valence-corrected chi connectivity index (χ0v) is 14.0. The number of nitrogens with zero attached hydrogens (tertiary/aromatic N) is 3. The van der Waals surface area contributed by atoms with Crippen LogP contribution >= 0.6 is 11.6 Å². The van der Waals surface area contributed by atoms with Gasteiger partial charge in [-0.05, 0) is 31.5 Å². The van der Waals surface area contributed by atoms with Crippen LogP contribution in [0.15, 0.2) is 18.2 Å². The van der Waals surface area contributed by atoms with Gasteiger partial charge in [-0.15, -0.1) is 0 Å². The average Bonchev–Trinajstić information content (AvgIpc) is 2.53. The van der Waals surface area contributed by atoms with Crippen LogP contribution < -0.4 is 11.1 Å². The van der Waals surface area contributed by atoms with Gasteiger partial charge < -0.3 is 16.2 Å². The average molecular weight is 352 g/mol. The first kappa shape index (κ1) is 17.9. The molecular weight excluding hydrogens is 334 g/mol. The highest BCUT2D eigenvalue weighted by molar-refractivity contribution is 6.30. The molecule has 0 saturated carbocycles. The van der Waals surface area contributed by atoms with Crippen LogP contribution in [0.4, 0.5) is 11.5 Å². The van der Waals surface area contributed by atoms with Gasteiger partial charge in [-0.3, -0.25) is 10.1 Å². The van der Waals surface area contributed by atoms with E-state index in [1.54, 1.807) is 0 Å². The number of rotatable bonds is 6. The number of hydrogen-bond donors (Lipinski definition) is 3. The molecule has 24 heavy (non-hydrogen) atoms. The number of aromatic hydroxyl groups is 1. The van der Waals surface area contributed by atoms with E-state index in [-0.39, 0.29) is 34.8 Å². The summed E-state index contributed by atoms with van der Waals surface area (Å²) in [6.45, 7) is 3.76. The lowest BCUT2D eigenvalue weighted by Gasteiger charge is -2.13. The third-order valence-electron chi connectivity index (χ3n) is 3.50. The van der Waals surface area contributed by atoms with Crippen LogP contribution in [0.25, 0.3) is 11.4 Å². The lowest BCUT2D eigenvalue weighted by molar-refractivity contribution is -0.385. The quantitative estimate of drug-likeness (QED) is 0.539. The minimum Gasteiger partial charge on any atom is -0.507 e. The fourth-order valence-corrected chi connectivity index (χ4v) is 2.26. The molecule has 0 amide bonds. The lowest BCUT2D eigenvalue weighted by Crippen LogP contribution is -2.28. The predicted molar refractivity (Wildman–Crippen MR) is 92.3 cm³/mol. The Balaban J connectivity index is 2.53. The molecule has 1 atom stereocenters. The van der Waals surface area contributed by atoms with Crippen molar-refractivity contribution in [1.29, 1.82) is 0 Å². The number of hydrogen-bond acceptors (Lipinski definition) is 7. The minimum atomic E-state index is -0.545. The molecule has 2 aromatic rings. The molecule has 1 aromatic carbocycles. The van der Waals surface area contributed by atoms with Crippen molar-refractivity contribution in [3.8, 4) is 17.1 Å². The highest BCUT2D eigenvalue weighted by Gasteiger charge is 2.23. The number of aromatic nitrogens is 2. The fourth-order valence-electron chi connectivity index (χ4n) is 2.09. The van der Waals surface area contributed by atoms with Gasteiger partial charge >= 0.3 is 5.69 Å². The largest absolute Gasteiger partial charge is 0.507 e. The van der Waals surface area contributed by atoms with Gasteiger partial charge in [0.2, 0.25) is 5.82 Å². The number of halogens is 1. The molecule has 128 valence electrons. The first-order valence-electron chi connectivity index (χ1n) is 7.34. The van der Waals surface area contributed by atoms with E-state index >= 15 is 0 Å². The van der Waals surface area contributed by atoms with Crippen molar-refractivity contribution in [2.75, 3.05) is 11.9 Å². The Morgan fingerprint density at radius 2 is 2.17 bits per heavy atom. The molecule has 0 aliphatic rings. The first-order valence-corrected chi connectivity index (χ1v) is 7.72. The minimum absolute atomic E-state index is 0.0609. The summed E-state index contributed by atoms with van der Waals surface area (Å²) in [5.41, 5.74) is 6.10. The van der Waals surface area contributed by atoms with Crippen molar-refractivity contribution in [2.45, 2.75) is 26.3 Å². The van der Waals surface area contributed by atoms with E-state index in [2.05, 4.69) is 15.3 Å². The van der Waals surface area contributed by atoms with Crippen LogP contribution in [0.1, 0.15) is 19.0 Å². The standard InChI is InChI=1S/C15H18ClN5O3/c1-3-10(17)7-18-15-13(21(23)24)8(2)19-14(20-15)11-6-9(16)4-5-12(11)22/h4-6,10,22H,3,7,17H2,1-2H3,(H,18,19,20)/t10-/m1/s1. The van der Waals surface area contributed by atoms with Crippen molar-refractivity contribution in [3.05, 3.63) is 39.0 Å². The van der Waals surface area contributed by atoms with Crippen LogP contribution in [-0.4, -0.2) is 32.6 Å². The summed E-state index contributed by atoms with van der Waals surface area (Å²) < 4.78 is 0. The molecule has 0 spiro atoms. The zero-order chi connectivity index (χ0) is 17.9. The van der Waals surface area contributed by atoms with Gasteiger partial charge in [-0.1, -0.05) is 18.5 Å². The highest BCUT2D eigenvalue weighted by Crippen LogP contribution is 2.33. The molecule has 1 heterocycles. The van der Waals surface area contributed by atoms with Crippen LogP contribution in [0.3, 0.4) is 0 Å². The summed E-state index contributed by atoms with van der Waals surface area (Å²) in [6, 6.07) is 4.28. The van der Waals surface area contributed by atoms with Gasteiger partial charge in [-0.2, -0.15) is 0 Å². The number of nitrogens with one attached hydrogen (secondary N) is 1. The van der Waals surface area contributed by atoms with Gasteiger partial charge in [0.05, 0.1) is 10.5 Å². The molecule has 0 saturated heterocycles. The van der Waals surface area contributed by atoms with Gasteiger partial charge in [0.1, 0.15) is 11.4 Å². The molecule has 0 bridgehead atoms. The zero-order valence-electron chi connectivity index (χ0n) is 13.3. The molecular formula is C15H18ClN5O3. The summed E-state index contributed by atoms with van der Waals surface area (Å²) in [5, 5.41) is 24.6. The Morgan fingerprint density at radius 3 is 2.79 bits per heavy atom. The molecule has 4 N–H and O–H groups in total. The monoisotopic (exact) mass is 351 g/mol. The third kappa shape index (κ3) is 3.90. The molecule has 8 nitrogen and oxygen atoms in total. The summed E-state index contributed by atoms with van der Waals surface area (Å²) in [7, 11) is 0. The Morgan fingerprint density at radius 1 is 1.46 bits per heavy atom. The van der Waals surface area contributed by atoms with Crippen molar-refractivity contribution in [3.63, 3.8) is 0 Å². The summed E-state index contributed by atoms with van der Waals surface area (Å²) in [4.78, 5) is 19.1. The van der Waals surface area contributed by atoms with E-state index in [1.807, 2.05) is 6.92 Å². The lowest BCUT2D eigenvalue weighted by atomic mass is 10.1. The predicted octanol–water partition coefficient (Wildman–Crippen LogP) is 2.87. The van der Waals surface area contributed by atoms with Crippen molar-refractivity contribution >= 4 is 23.1 Å². The maximum absolute atomic E-state index is 11.3. The van der Waals surface area contributed by atoms with Gasteiger partial charge in [0, 0.05) is 17.6 Å². The Hall–Kier alpha value is -2.45. The number of benzene rings is 1. The smallest absolute Gasteiger partial charge is 0.332 e. The molecule has 1 aromatic heterocycles. The number of aryl methyl sites for hydroxylation is 1. The number of phenols is 1. The van der Waals surface area contributed by atoms with Crippen LogP contribution in [0.2, 0.25) is 5.02 Å². The number of anilines is 1. The fraction of sp³-hybridized carbons (Fsp3) is 0.333. The van der Waals surface area contributed by atoms with E-state index in [1.165, 1.54) is 25.1 Å². The molecule has 2 rings (SSSR count). The highest BCUT2D eigenvalue weighted by atomic mass is 35.5. The van der Waals surface area contributed by atoms with Crippen LogP contribution in [-0.2, 0) is 0 Å². The second-order valence-corrected chi connectivity index (χ2v) is 5.73. The van der Waals surface area contributed by atoms with E-state index in [9.17, 15) is 15.2 Å². The van der Waals surface area contributed by atoms with Crippen molar-refractivity contribution in [2.24, 2.45) is 5.73 Å². The van der Waals surface area contributed by atoms with E-state index in [0.29, 0.717) is 23.6 Å². The van der Waals surface area contributed by atoms with Crippen LogP contribution in [0, 0.1) is 17.0 Å². The van der Waals surface area contributed by atoms with E-state index in [0.717, 1.165) is 0 Å². The van der Waals surface area contributed by atoms with Gasteiger partial charge in [-0.25, -0.2) is 9.97 Å². The van der Waals surface area contributed by atoms with Gasteiger partial charge in [0.25, 0.3) is 0 Å². The third-order valence-corrected chi connectivity index (χ3v) is 3.73. The summed E-state index contributed by atoms with van der Waals surface area (Å²) >= 11 is 5.94. The topological polar surface area (TPSA) is 127 Å². The number of phenolic OH excluding ortho intramolecular Hbond substituents is 1. The van der Waals surface area contributed by atoms with Gasteiger partial charge in [0.15, 0.2) is 5.82 Å². The van der Waals surface area contributed by atoms with Crippen molar-refractivity contribution in [1.82, 2.24) is 9.97 Å². The Labute approximate surface area is 143 Å². The molecule has 0 aliphatic carbocycles. The summed E-state index contributed by atoms with van der Waals surface area (Å²) in [6.07, 6.45) is 0.715. The SMILES string of the molecule is CC[C@@H](N)CNc1nc(-c2cc(Cl)ccc2O)nc(C)c1[N+](=O)[O-]. The molecule has 0 unspecified atom stereocenters. The second-order valence-electron chi connectivity index (χ2n) is 5.30.